The third-order valence-electron chi connectivity index (χ3n) is 5.80. The highest BCUT2D eigenvalue weighted by molar-refractivity contribution is 5.43. The van der Waals surface area contributed by atoms with Crippen LogP contribution in [0.15, 0.2) is 48.5 Å². The molecule has 31 heavy (non-hydrogen) atoms. The minimum atomic E-state index is -0.523. The van der Waals surface area contributed by atoms with Crippen molar-refractivity contribution in [2.24, 2.45) is 0 Å². The van der Waals surface area contributed by atoms with Crippen molar-refractivity contribution in [1.82, 2.24) is 14.7 Å². The molecular formula is C25H37N3O3. The van der Waals surface area contributed by atoms with Crippen molar-refractivity contribution in [3.8, 4) is 11.5 Å². The van der Waals surface area contributed by atoms with Crippen LogP contribution in [0.1, 0.15) is 11.1 Å². The molecule has 0 radical (unpaired) electrons. The fourth-order valence-corrected chi connectivity index (χ4v) is 3.85. The van der Waals surface area contributed by atoms with Gasteiger partial charge in [-0.2, -0.15) is 0 Å². The monoisotopic (exact) mass is 427 g/mol. The lowest BCUT2D eigenvalue weighted by atomic mass is 10.1. The minimum Gasteiger partial charge on any atom is -0.493 e. The van der Waals surface area contributed by atoms with Gasteiger partial charge in [-0.3, -0.25) is 4.90 Å². The summed E-state index contributed by atoms with van der Waals surface area (Å²) in [5.41, 5.74) is 2.52. The Labute approximate surface area is 187 Å². The number of piperazine rings is 1. The first-order chi connectivity index (χ1) is 15.0. The molecule has 1 saturated heterocycles. The predicted molar refractivity (Wildman–Crippen MR) is 125 cm³/mol. The fraction of sp³-hybridized carbons (Fsp3) is 0.520. The first-order valence-corrected chi connectivity index (χ1v) is 11.1. The van der Waals surface area contributed by atoms with Gasteiger partial charge in [-0.05, 0) is 43.8 Å². The Morgan fingerprint density at radius 3 is 2.45 bits per heavy atom. The van der Waals surface area contributed by atoms with Crippen LogP contribution in [0.5, 0.6) is 11.5 Å². The number of benzene rings is 2. The van der Waals surface area contributed by atoms with Crippen LogP contribution in [0.25, 0.3) is 0 Å². The molecule has 6 heteroatoms. The highest BCUT2D eigenvalue weighted by Gasteiger charge is 2.18. The quantitative estimate of drug-likeness (QED) is 0.594. The van der Waals surface area contributed by atoms with Gasteiger partial charge in [0.15, 0.2) is 11.5 Å². The molecule has 0 amide bonds. The number of hydrogen-bond donors (Lipinski definition) is 1. The second-order valence-electron chi connectivity index (χ2n) is 8.53. The van der Waals surface area contributed by atoms with E-state index in [0.717, 1.165) is 45.7 Å². The molecule has 1 aliphatic rings. The van der Waals surface area contributed by atoms with E-state index in [4.69, 9.17) is 9.47 Å². The van der Waals surface area contributed by atoms with Gasteiger partial charge in [0.25, 0.3) is 0 Å². The molecule has 1 aliphatic heterocycles. The summed E-state index contributed by atoms with van der Waals surface area (Å²) in [5, 5.41) is 10.5. The van der Waals surface area contributed by atoms with E-state index in [1.807, 2.05) is 18.2 Å². The Balaban J connectivity index is 1.49. The molecule has 2 aromatic carbocycles. The average Bonchev–Trinajstić information content (AvgIpc) is 2.79. The molecule has 1 N–H and O–H groups in total. The molecule has 1 heterocycles. The van der Waals surface area contributed by atoms with Crippen molar-refractivity contribution in [1.29, 1.82) is 0 Å². The van der Waals surface area contributed by atoms with Crippen molar-refractivity contribution >= 4 is 0 Å². The van der Waals surface area contributed by atoms with Crippen molar-refractivity contribution in [2.75, 3.05) is 67.1 Å². The number of hydrogen-bond acceptors (Lipinski definition) is 6. The Morgan fingerprint density at radius 2 is 1.74 bits per heavy atom. The maximum Gasteiger partial charge on any atom is 0.161 e. The van der Waals surface area contributed by atoms with Crippen LogP contribution >= 0.6 is 0 Å². The van der Waals surface area contributed by atoms with Crippen LogP contribution < -0.4 is 9.47 Å². The first kappa shape index (κ1) is 23.5. The highest BCUT2D eigenvalue weighted by Crippen LogP contribution is 2.28. The lowest BCUT2D eigenvalue weighted by Crippen LogP contribution is -2.47. The zero-order chi connectivity index (χ0) is 22.1. The molecule has 0 bridgehead atoms. The second-order valence-corrected chi connectivity index (χ2v) is 8.53. The van der Waals surface area contributed by atoms with Crippen LogP contribution in [0.4, 0.5) is 0 Å². The topological polar surface area (TPSA) is 48.4 Å². The number of nitrogens with zero attached hydrogens (tertiary/aromatic N) is 3. The molecule has 6 nitrogen and oxygen atoms in total. The van der Waals surface area contributed by atoms with E-state index >= 15 is 0 Å². The first-order valence-electron chi connectivity index (χ1n) is 11.1. The van der Waals surface area contributed by atoms with E-state index < -0.39 is 6.10 Å². The number of rotatable bonds is 11. The van der Waals surface area contributed by atoms with Gasteiger partial charge in [0, 0.05) is 45.8 Å². The van der Waals surface area contributed by atoms with Gasteiger partial charge >= 0.3 is 0 Å². The lowest BCUT2D eigenvalue weighted by Gasteiger charge is -2.33. The van der Waals surface area contributed by atoms with Crippen LogP contribution in [0, 0.1) is 0 Å². The Morgan fingerprint density at radius 1 is 1.00 bits per heavy atom. The summed E-state index contributed by atoms with van der Waals surface area (Å²) in [5.74, 6) is 1.39. The fourth-order valence-electron chi connectivity index (χ4n) is 3.85. The summed E-state index contributed by atoms with van der Waals surface area (Å²) < 4.78 is 11.4. The zero-order valence-electron chi connectivity index (χ0n) is 19.2. The van der Waals surface area contributed by atoms with E-state index in [9.17, 15) is 5.11 Å². The van der Waals surface area contributed by atoms with Gasteiger partial charge in [-0.25, -0.2) is 0 Å². The number of aliphatic hydroxyl groups is 1. The van der Waals surface area contributed by atoms with Crippen molar-refractivity contribution in [3.05, 3.63) is 59.7 Å². The Bertz CT molecular complexity index is 779. The summed E-state index contributed by atoms with van der Waals surface area (Å²) in [7, 11) is 5.91. The molecular weight excluding hydrogens is 390 g/mol. The largest absolute Gasteiger partial charge is 0.493 e. The molecule has 3 rings (SSSR count). The maximum atomic E-state index is 10.5. The zero-order valence-corrected chi connectivity index (χ0v) is 19.2. The average molecular weight is 428 g/mol. The molecule has 0 aromatic heterocycles. The van der Waals surface area contributed by atoms with Gasteiger partial charge in [-0.1, -0.05) is 36.4 Å². The highest BCUT2D eigenvalue weighted by atomic mass is 16.5. The summed E-state index contributed by atoms with van der Waals surface area (Å²) in [6.07, 6.45) is 0.500. The van der Waals surface area contributed by atoms with Crippen LogP contribution in [0.3, 0.4) is 0 Å². The van der Waals surface area contributed by atoms with Gasteiger partial charge in [0.1, 0.15) is 12.7 Å². The summed E-state index contributed by atoms with van der Waals surface area (Å²) in [4.78, 5) is 6.91. The molecule has 2 aromatic rings. The van der Waals surface area contributed by atoms with Gasteiger partial charge < -0.3 is 24.4 Å². The predicted octanol–water partition coefficient (Wildman–Crippen LogP) is 2.36. The smallest absolute Gasteiger partial charge is 0.161 e. The van der Waals surface area contributed by atoms with Crippen molar-refractivity contribution in [2.45, 2.75) is 19.1 Å². The van der Waals surface area contributed by atoms with Crippen LogP contribution in [-0.4, -0.2) is 93.0 Å². The van der Waals surface area contributed by atoms with Crippen LogP contribution in [0.2, 0.25) is 0 Å². The van der Waals surface area contributed by atoms with E-state index in [1.165, 1.54) is 11.1 Å². The van der Waals surface area contributed by atoms with E-state index in [1.54, 1.807) is 7.11 Å². The Kier molecular flexibility index (Phi) is 9.15. The number of ether oxygens (including phenoxy) is 2. The van der Waals surface area contributed by atoms with E-state index in [2.05, 4.69) is 59.1 Å². The summed E-state index contributed by atoms with van der Waals surface area (Å²) in [6, 6.07) is 16.6. The third-order valence-corrected chi connectivity index (χ3v) is 5.80. The van der Waals surface area contributed by atoms with Gasteiger partial charge in [-0.15, -0.1) is 0 Å². The molecule has 1 unspecified atom stereocenters. The summed E-state index contributed by atoms with van der Waals surface area (Å²) >= 11 is 0. The molecule has 0 spiro atoms. The Hall–Kier alpha value is -2.12. The maximum absolute atomic E-state index is 10.5. The van der Waals surface area contributed by atoms with Crippen molar-refractivity contribution in [3.63, 3.8) is 0 Å². The summed E-state index contributed by atoms with van der Waals surface area (Å²) in [6.45, 7) is 6.77. The number of likely N-dealkylation sites (N-methyl/N-ethyl adjacent to an activating group) is 2. The second kappa shape index (κ2) is 12.1. The van der Waals surface area contributed by atoms with Crippen LogP contribution in [-0.2, 0) is 13.0 Å². The SMILES string of the molecule is COc1ccc(CN(C)CCc2ccccc2)cc1OCC(O)CN1CCN(C)CC1. The van der Waals surface area contributed by atoms with Crippen molar-refractivity contribution < 1.29 is 14.6 Å². The molecule has 170 valence electrons. The number of methoxy groups -OCH3 is 1. The normalized spacial score (nSPS) is 16.4. The number of aliphatic hydroxyl groups excluding tert-OH is 1. The van der Waals surface area contributed by atoms with Gasteiger partial charge in [0.05, 0.1) is 7.11 Å². The van der Waals surface area contributed by atoms with Gasteiger partial charge in [0.2, 0.25) is 0 Å². The standard InChI is InChI=1S/C25H37N3O3/c1-26-13-15-28(16-14-26)19-23(29)20-31-25-17-22(9-10-24(25)30-3)18-27(2)12-11-21-7-5-4-6-8-21/h4-10,17,23,29H,11-16,18-20H2,1-3H3. The minimum absolute atomic E-state index is 0.260. The third kappa shape index (κ3) is 7.82. The van der Waals surface area contributed by atoms with E-state index in [-0.39, 0.29) is 6.61 Å². The number of β-amino-alcohol motifs (C(OH)–C–C–N with tert-alkyl or cyclic N) is 1. The molecule has 0 saturated carbocycles. The van der Waals surface area contributed by atoms with E-state index in [0.29, 0.717) is 18.0 Å². The molecule has 1 atom stereocenters. The lowest BCUT2D eigenvalue weighted by molar-refractivity contribution is 0.0497. The molecule has 0 aliphatic carbocycles. The molecule has 1 fully saturated rings.